The van der Waals surface area contributed by atoms with Gasteiger partial charge in [-0.15, -0.1) is 0 Å². The van der Waals surface area contributed by atoms with E-state index < -0.39 is 0 Å². The Bertz CT molecular complexity index is 359. The minimum atomic E-state index is 0.0748. The molecule has 0 bridgehead atoms. The number of hydrogen-bond donors (Lipinski definition) is 1. The predicted octanol–water partition coefficient (Wildman–Crippen LogP) is 1.80. The second-order valence-electron chi connectivity index (χ2n) is 4.03. The van der Waals surface area contributed by atoms with Crippen molar-refractivity contribution in [2.24, 2.45) is 5.73 Å². The largest absolute Gasteiger partial charge is 0.339 e. The lowest BCUT2D eigenvalue weighted by Crippen LogP contribution is -2.32. The number of nitrogens with two attached hydrogens (primary N) is 1. The highest BCUT2D eigenvalue weighted by Crippen LogP contribution is 2.07. The highest BCUT2D eigenvalue weighted by Gasteiger charge is 2.14. The van der Waals surface area contributed by atoms with E-state index in [9.17, 15) is 4.79 Å². The van der Waals surface area contributed by atoms with Crippen LogP contribution in [-0.4, -0.2) is 28.9 Å². The highest BCUT2D eigenvalue weighted by atomic mass is 16.2. The lowest BCUT2D eigenvalue weighted by molar-refractivity contribution is 0.0755. The second-order valence-corrected chi connectivity index (χ2v) is 4.03. The van der Waals surface area contributed by atoms with Gasteiger partial charge in [0.2, 0.25) is 0 Å². The Hall–Kier alpha value is -1.42. The minimum absolute atomic E-state index is 0.0748. The van der Waals surface area contributed by atoms with Crippen molar-refractivity contribution in [1.29, 1.82) is 0 Å². The maximum absolute atomic E-state index is 12.3. The maximum atomic E-state index is 12.3. The highest BCUT2D eigenvalue weighted by molar-refractivity contribution is 5.94. The topological polar surface area (TPSA) is 59.2 Å². The standard InChI is InChI=1S/C13H21N3O/c1-3-7-16(8-4-2)13(17)11-5-6-15-12(9-11)10-14/h5-6,9H,3-4,7-8,10,14H2,1-2H3. The van der Waals surface area contributed by atoms with Gasteiger partial charge in [0, 0.05) is 31.4 Å². The van der Waals surface area contributed by atoms with Crippen molar-refractivity contribution in [1.82, 2.24) is 9.88 Å². The van der Waals surface area contributed by atoms with Crippen LogP contribution in [-0.2, 0) is 6.54 Å². The van der Waals surface area contributed by atoms with Gasteiger partial charge in [0.15, 0.2) is 0 Å². The molecule has 0 unspecified atom stereocenters. The summed E-state index contributed by atoms with van der Waals surface area (Å²) in [5, 5.41) is 0. The SMILES string of the molecule is CCCN(CCC)C(=O)c1ccnc(CN)c1. The van der Waals surface area contributed by atoms with E-state index in [4.69, 9.17) is 5.73 Å². The summed E-state index contributed by atoms with van der Waals surface area (Å²) in [6.07, 6.45) is 3.59. The summed E-state index contributed by atoms with van der Waals surface area (Å²) in [6, 6.07) is 3.53. The Morgan fingerprint density at radius 3 is 2.53 bits per heavy atom. The summed E-state index contributed by atoms with van der Waals surface area (Å²) in [6.45, 7) is 6.12. The quantitative estimate of drug-likeness (QED) is 0.818. The molecule has 0 aliphatic rings. The molecule has 0 spiro atoms. The number of amides is 1. The van der Waals surface area contributed by atoms with Gasteiger partial charge in [-0.25, -0.2) is 0 Å². The van der Waals surface area contributed by atoms with Crippen molar-refractivity contribution >= 4 is 5.91 Å². The molecule has 1 rings (SSSR count). The van der Waals surface area contributed by atoms with Crippen LogP contribution in [0.5, 0.6) is 0 Å². The van der Waals surface area contributed by atoms with E-state index >= 15 is 0 Å². The Labute approximate surface area is 103 Å². The number of hydrogen-bond acceptors (Lipinski definition) is 3. The molecule has 1 aromatic heterocycles. The van der Waals surface area contributed by atoms with E-state index in [1.54, 1.807) is 18.3 Å². The zero-order valence-corrected chi connectivity index (χ0v) is 10.6. The first kappa shape index (κ1) is 13.6. The normalized spacial score (nSPS) is 10.3. The van der Waals surface area contributed by atoms with Crippen molar-refractivity contribution < 1.29 is 4.79 Å². The van der Waals surface area contributed by atoms with Crippen LogP contribution in [0.25, 0.3) is 0 Å². The van der Waals surface area contributed by atoms with Crippen molar-refractivity contribution in [2.45, 2.75) is 33.2 Å². The molecule has 94 valence electrons. The fraction of sp³-hybridized carbons (Fsp3) is 0.538. The van der Waals surface area contributed by atoms with E-state index in [0.29, 0.717) is 12.1 Å². The zero-order valence-electron chi connectivity index (χ0n) is 10.6. The van der Waals surface area contributed by atoms with Crippen molar-refractivity contribution in [3.05, 3.63) is 29.6 Å². The van der Waals surface area contributed by atoms with Crippen molar-refractivity contribution in [3.63, 3.8) is 0 Å². The molecule has 0 radical (unpaired) electrons. The van der Waals surface area contributed by atoms with E-state index in [2.05, 4.69) is 18.8 Å². The first-order valence-corrected chi connectivity index (χ1v) is 6.17. The molecule has 4 nitrogen and oxygen atoms in total. The summed E-state index contributed by atoms with van der Waals surface area (Å²) in [5.41, 5.74) is 6.96. The number of carbonyl (C=O) groups is 1. The molecule has 0 aliphatic heterocycles. The number of aromatic nitrogens is 1. The van der Waals surface area contributed by atoms with Gasteiger partial charge in [0.1, 0.15) is 0 Å². The van der Waals surface area contributed by atoms with Crippen LogP contribution in [0.3, 0.4) is 0 Å². The van der Waals surface area contributed by atoms with Gasteiger partial charge in [-0.3, -0.25) is 9.78 Å². The van der Waals surface area contributed by atoms with Crippen LogP contribution < -0.4 is 5.73 Å². The lowest BCUT2D eigenvalue weighted by atomic mass is 10.2. The molecule has 0 saturated carbocycles. The van der Waals surface area contributed by atoms with E-state index in [1.807, 2.05) is 4.90 Å². The Kier molecular flexibility index (Phi) is 5.63. The summed E-state index contributed by atoms with van der Waals surface area (Å²) in [4.78, 5) is 18.2. The molecule has 0 aromatic carbocycles. The van der Waals surface area contributed by atoms with Crippen LogP contribution in [0.4, 0.5) is 0 Å². The van der Waals surface area contributed by atoms with Gasteiger partial charge in [-0.1, -0.05) is 13.8 Å². The summed E-state index contributed by atoms with van der Waals surface area (Å²) < 4.78 is 0. The lowest BCUT2D eigenvalue weighted by Gasteiger charge is -2.21. The molecule has 0 fully saturated rings. The second kappa shape index (κ2) is 7.01. The molecule has 4 heteroatoms. The fourth-order valence-corrected chi connectivity index (χ4v) is 1.76. The zero-order chi connectivity index (χ0) is 12.7. The first-order chi connectivity index (χ1) is 8.22. The summed E-state index contributed by atoms with van der Waals surface area (Å²) >= 11 is 0. The van der Waals surface area contributed by atoms with Crippen molar-refractivity contribution in [2.75, 3.05) is 13.1 Å². The van der Waals surface area contributed by atoms with E-state index in [0.717, 1.165) is 31.6 Å². The molecule has 0 aliphatic carbocycles. The summed E-state index contributed by atoms with van der Waals surface area (Å²) in [5.74, 6) is 0.0748. The third kappa shape index (κ3) is 3.82. The van der Waals surface area contributed by atoms with Crippen LogP contribution in [0.2, 0.25) is 0 Å². The minimum Gasteiger partial charge on any atom is -0.339 e. The third-order valence-electron chi connectivity index (χ3n) is 2.55. The van der Waals surface area contributed by atoms with Gasteiger partial charge in [0.25, 0.3) is 5.91 Å². The smallest absolute Gasteiger partial charge is 0.253 e. The Morgan fingerprint density at radius 2 is 2.00 bits per heavy atom. The Balaban J connectivity index is 2.84. The monoisotopic (exact) mass is 235 g/mol. The number of nitrogens with zero attached hydrogens (tertiary/aromatic N) is 2. The number of pyridine rings is 1. The van der Waals surface area contributed by atoms with Gasteiger partial charge >= 0.3 is 0 Å². The van der Waals surface area contributed by atoms with Crippen LogP contribution in [0.1, 0.15) is 42.7 Å². The molecule has 2 N–H and O–H groups in total. The summed E-state index contributed by atoms with van der Waals surface area (Å²) in [7, 11) is 0. The maximum Gasteiger partial charge on any atom is 0.253 e. The van der Waals surface area contributed by atoms with Gasteiger partial charge in [-0.2, -0.15) is 0 Å². The van der Waals surface area contributed by atoms with E-state index in [-0.39, 0.29) is 5.91 Å². The molecule has 1 heterocycles. The average molecular weight is 235 g/mol. The molecular formula is C13H21N3O. The molecular weight excluding hydrogens is 214 g/mol. The molecule has 0 saturated heterocycles. The third-order valence-corrected chi connectivity index (χ3v) is 2.55. The average Bonchev–Trinajstić information content (AvgIpc) is 2.38. The first-order valence-electron chi connectivity index (χ1n) is 6.17. The van der Waals surface area contributed by atoms with E-state index in [1.165, 1.54) is 0 Å². The van der Waals surface area contributed by atoms with Gasteiger partial charge < -0.3 is 10.6 Å². The van der Waals surface area contributed by atoms with Crippen LogP contribution in [0, 0.1) is 0 Å². The van der Waals surface area contributed by atoms with Crippen LogP contribution in [0.15, 0.2) is 18.3 Å². The van der Waals surface area contributed by atoms with Gasteiger partial charge in [-0.05, 0) is 25.0 Å². The molecule has 0 atom stereocenters. The van der Waals surface area contributed by atoms with Gasteiger partial charge in [0.05, 0.1) is 5.69 Å². The molecule has 1 aromatic rings. The number of carbonyl (C=O) groups excluding carboxylic acids is 1. The fourth-order valence-electron chi connectivity index (χ4n) is 1.76. The van der Waals surface area contributed by atoms with Crippen molar-refractivity contribution in [3.8, 4) is 0 Å². The number of rotatable bonds is 6. The van der Waals surface area contributed by atoms with Crippen LogP contribution >= 0.6 is 0 Å². The Morgan fingerprint density at radius 1 is 1.35 bits per heavy atom. The molecule has 17 heavy (non-hydrogen) atoms. The molecule has 1 amide bonds. The predicted molar refractivity (Wildman–Crippen MR) is 68.6 cm³/mol.